The van der Waals surface area contributed by atoms with E-state index in [1.54, 1.807) is 43.3 Å². The number of hydrogen-bond donors (Lipinski definition) is 0. The maximum absolute atomic E-state index is 12.8. The zero-order valence-electron chi connectivity index (χ0n) is 16.2. The molecule has 29 heavy (non-hydrogen) atoms. The van der Waals surface area contributed by atoms with Crippen molar-refractivity contribution in [3.63, 3.8) is 0 Å². The second kappa shape index (κ2) is 8.94. The number of amides is 1. The summed E-state index contributed by atoms with van der Waals surface area (Å²) in [6, 6.07) is 14.0. The van der Waals surface area contributed by atoms with Crippen molar-refractivity contribution in [2.45, 2.75) is 20.8 Å². The molecule has 0 aliphatic heterocycles. The van der Waals surface area contributed by atoms with Crippen molar-refractivity contribution in [1.29, 1.82) is 0 Å². The van der Waals surface area contributed by atoms with Gasteiger partial charge in [0, 0.05) is 0 Å². The third kappa shape index (κ3) is 4.85. The van der Waals surface area contributed by atoms with Crippen LogP contribution in [0.15, 0.2) is 53.5 Å². The van der Waals surface area contributed by atoms with E-state index in [0.29, 0.717) is 11.1 Å². The molecular weight excluding hydrogens is 437 g/mol. The van der Waals surface area contributed by atoms with E-state index in [9.17, 15) is 14.4 Å². The first-order valence-electron chi connectivity index (χ1n) is 8.94. The van der Waals surface area contributed by atoms with Crippen LogP contribution in [0.1, 0.15) is 49.3 Å². The van der Waals surface area contributed by atoms with Crippen molar-refractivity contribution in [3.05, 3.63) is 80.7 Å². The predicted octanol–water partition coefficient (Wildman–Crippen LogP) is 2.16. The Hall–Kier alpha value is -3.09. The molecule has 0 bridgehead atoms. The summed E-state index contributed by atoms with van der Waals surface area (Å²) in [5, 5.41) is 4.12. The van der Waals surface area contributed by atoms with Gasteiger partial charge in [0.15, 0.2) is 0 Å². The van der Waals surface area contributed by atoms with E-state index in [0.717, 1.165) is 11.1 Å². The Balaban J connectivity index is 2.03. The van der Waals surface area contributed by atoms with Gasteiger partial charge >= 0.3 is 173 Å². The number of carbonyl (C=O) groups is 3. The third-order valence-corrected chi connectivity index (χ3v) is 5.85. The average molecular weight is 456 g/mol. The number of aryl methyl sites for hydroxylation is 2. The molecule has 148 valence electrons. The van der Waals surface area contributed by atoms with Crippen molar-refractivity contribution >= 4 is 32.5 Å². The maximum atomic E-state index is 12.8. The van der Waals surface area contributed by atoms with E-state index in [2.05, 4.69) is 10.1 Å². The molecule has 0 saturated carbocycles. The summed E-state index contributed by atoms with van der Waals surface area (Å²) in [6.07, 6.45) is 0. The van der Waals surface area contributed by atoms with Crippen LogP contribution in [0.25, 0.3) is 0 Å². The summed E-state index contributed by atoms with van der Waals surface area (Å²) in [5.74, 6) is -1.56. The van der Waals surface area contributed by atoms with Crippen molar-refractivity contribution in [2.24, 2.45) is 4.99 Å². The number of hydrogen-bond acceptors (Lipinski definition) is 5. The van der Waals surface area contributed by atoms with E-state index < -0.39 is 26.6 Å². The van der Waals surface area contributed by atoms with E-state index >= 15 is 0 Å². The van der Waals surface area contributed by atoms with Crippen molar-refractivity contribution in [2.75, 3.05) is 6.61 Å². The Kier molecular flexibility index (Phi) is 6.36. The number of esters is 1. The van der Waals surface area contributed by atoms with Crippen molar-refractivity contribution in [3.8, 4) is 0 Å². The van der Waals surface area contributed by atoms with Gasteiger partial charge in [-0.05, 0) is 0 Å². The van der Waals surface area contributed by atoms with Crippen LogP contribution in [0.4, 0.5) is 0 Å². The molecule has 7 nitrogen and oxygen atoms in total. The summed E-state index contributed by atoms with van der Waals surface area (Å²) in [4.78, 5) is 41.7. The Bertz CT molecular complexity index is 1130. The standard InChI is InChI=1S/C21H19N3O4Se/c1-4-28-21(27)17-19(22-18(25)15-9-5-13(2)6-10-15)29-24(23-17)20(26)16-11-7-14(3)8-12-16/h5-12H,4H2,1-3H3. The fraction of sp³-hybridized carbons (Fsp3) is 0.190. The molecule has 0 aliphatic rings. The summed E-state index contributed by atoms with van der Waals surface area (Å²) in [7, 11) is 0. The zero-order valence-corrected chi connectivity index (χ0v) is 17.9. The van der Waals surface area contributed by atoms with Crippen LogP contribution in [-0.2, 0) is 4.74 Å². The van der Waals surface area contributed by atoms with Crippen molar-refractivity contribution in [1.82, 2.24) is 8.78 Å². The summed E-state index contributed by atoms with van der Waals surface area (Å²) >= 11 is -0.760. The molecule has 0 aliphatic carbocycles. The van der Waals surface area contributed by atoms with E-state index in [1.165, 1.54) is 3.68 Å². The number of rotatable bonds is 4. The minimum atomic E-state index is -0.760. The van der Waals surface area contributed by atoms with Gasteiger partial charge in [-0.25, -0.2) is 0 Å². The second-order valence-electron chi connectivity index (χ2n) is 6.29. The van der Waals surface area contributed by atoms with Crippen LogP contribution < -0.4 is 4.23 Å². The molecule has 0 spiro atoms. The van der Waals surface area contributed by atoms with E-state index in [1.807, 2.05) is 26.0 Å². The summed E-state index contributed by atoms with van der Waals surface area (Å²) in [5.41, 5.74) is 2.77. The number of benzene rings is 2. The molecule has 8 heteroatoms. The molecule has 1 heterocycles. The van der Waals surface area contributed by atoms with Crippen LogP contribution >= 0.6 is 0 Å². The first-order valence-corrected chi connectivity index (χ1v) is 10.6. The fourth-order valence-electron chi connectivity index (χ4n) is 2.43. The quantitative estimate of drug-likeness (QED) is 0.444. The van der Waals surface area contributed by atoms with Gasteiger partial charge in [0.1, 0.15) is 0 Å². The SMILES string of the molecule is CCOC(=O)c1nn(C(=O)c2ccc(C)cc2)[se]c1=NC(=O)c1ccc(C)cc1. The summed E-state index contributed by atoms with van der Waals surface area (Å²) < 4.78 is 6.37. The van der Waals surface area contributed by atoms with Gasteiger partial charge in [0.25, 0.3) is 0 Å². The Morgan fingerprint density at radius 1 is 0.966 bits per heavy atom. The molecular formula is C21H19N3O4Se. The summed E-state index contributed by atoms with van der Waals surface area (Å²) in [6.45, 7) is 5.66. The predicted molar refractivity (Wildman–Crippen MR) is 107 cm³/mol. The normalized spacial score (nSPS) is 11.3. The molecule has 0 unspecified atom stereocenters. The zero-order chi connectivity index (χ0) is 21.0. The van der Waals surface area contributed by atoms with Gasteiger partial charge in [-0.15, -0.1) is 0 Å². The van der Waals surface area contributed by atoms with E-state index in [-0.39, 0.29) is 22.4 Å². The minimum absolute atomic E-state index is 0.104. The number of carbonyl (C=O) groups excluding carboxylic acids is 3. The fourth-order valence-corrected chi connectivity index (χ4v) is 4.12. The Morgan fingerprint density at radius 3 is 2.07 bits per heavy atom. The molecule has 0 radical (unpaired) electrons. The van der Waals surface area contributed by atoms with Crippen LogP contribution in [0.5, 0.6) is 0 Å². The number of nitrogens with zero attached hydrogens (tertiary/aromatic N) is 3. The Morgan fingerprint density at radius 2 is 1.52 bits per heavy atom. The van der Waals surface area contributed by atoms with Gasteiger partial charge < -0.3 is 0 Å². The first kappa shape index (κ1) is 20.6. The van der Waals surface area contributed by atoms with E-state index in [4.69, 9.17) is 4.74 Å². The van der Waals surface area contributed by atoms with Gasteiger partial charge in [-0.1, -0.05) is 0 Å². The topological polar surface area (TPSA) is 90.6 Å². The Labute approximate surface area is 173 Å². The molecule has 3 aromatic rings. The monoisotopic (exact) mass is 457 g/mol. The van der Waals surface area contributed by atoms with Gasteiger partial charge in [-0.2, -0.15) is 0 Å². The van der Waals surface area contributed by atoms with Gasteiger partial charge in [0.2, 0.25) is 0 Å². The molecule has 0 saturated heterocycles. The van der Waals surface area contributed by atoms with Gasteiger partial charge in [0.05, 0.1) is 0 Å². The second-order valence-corrected chi connectivity index (χ2v) is 8.21. The van der Waals surface area contributed by atoms with Crippen molar-refractivity contribution < 1.29 is 19.1 Å². The van der Waals surface area contributed by atoms with Crippen LogP contribution in [0.2, 0.25) is 0 Å². The molecule has 0 atom stereocenters. The number of ether oxygens (including phenoxy) is 1. The molecule has 3 rings (SSSR count). The third-order valence-electron chi connectivity index (χ3n) is 4.01. The average Bonchev–Trinajstić information content (AvgIpc) is 3.12. The van der Waals surface area contributed by atoms with Crippen LogP contribution in [0, 0.1) is 13.8 Å². The molecule has 1 aromatic heterocycles. The first-order chi connectivity index (χ1) is 13.9. The van der Waals surface area contributed by atoms with Crippen LogP contribution in [-0.4, -0.2) is 47.9 Å². The van der Waals surface area contributed by atoms with Gasteiger partial charge in [-0.3, -0.25) is 0 Å². The molecule has 2 aromatic carbocycles. The molecule has 0 fully saturated rings. The molecule has 0 N–H and O–H groups in total. The molecule has 1 amide bonds. The number of aromatic nitrogens is 2. The van der Waals surface area contributed by atoms with Crippen LogP contribution in [0.3, 0.4) is 0 Å².